The summed E-state index contributed by atoms with van der Waals surface area (Å²) in [6.07, 6.45) is 3.06. The van der Waals surface area contributed by atoms with Crippen molar-refractivity contribution in [2.45, 2.75) is 45.8 Å². The molecule has 0 saturated heterocycles. The monoisotopic (exact) mass is 354 g/mol. The Morgan fingerprint density at radius 2 is 2.05 bits per heavy atom. The van der Waals surface area contributed by atoms with Gasteiger partial charge in [0.1, 0.15) is 6.73 Å². The smallest absolute Gasteiger partial charge is 0.139 e. The molecule has 3 nitrogen and oxygen atoms in total. The van der Waals surface area contributed by atoms with Crippen LogP contribution in [-0.4, -0.2) is 24.5 Å². The molecule has 0 unspecified atom stereocenters. The third-order valence-corrected chi connectivity index (χ3v) is 5.75. The molecule has 0 amide bonds. The van der Waals surface area contributed by atoms with Gasteiger partial charge in [0.05, 0.1) is 5.52 Å². The Hall–Kier alpha value is -0.653. The van der Waals surface area contributed by atoms with Gasteiger partial charge in [-0.3, -0.25) is 0 Å². The summed E-state index contributed by atoms with van der Waals surface area (Å²) in [4.78, 5) is 0. The van der Waals surface area contributed by atoms with Crippen LogP contribution in [0.15, 0.2) is 22.8 Å². The molecular weight excluding hydrogens is 332 g/mol. The van der Waals surface area contributed by atoms with E-state index in [1.165, 1.54) is 11.6 Å². The minimum Gasteiger partial charge on any atom is -0.360 e. The Morgan fingerprint density at radius 3 is 2.70 bits per heavy atom. The molecule has 1 heterocycles. The maximum atomic E-state index is 5.76. The highest BCUT2D eigenvalue weighted by molar-refractivity contribution is 9.10. The first-order valence-electron chi connectivity index (χ1n) is 7.13. The molecule has 0 N–H and O–H groups in total. The third-order valence-electron chi connectivity index (χ3n) is 3.35. The van der Waals surface area contributed by atoms with Gasteiger partial charge < -0.3 is 4.74 Å². The van der Waals surface area contributed by atoms with Crippen LogP contribution in [-0.2, 0) is 17.9 Å². The van der Waals surface area contributed by atoms with Gasteiger partial charge in [-0.05, 0) is 24.1 Å². The number of rotatable bonds is 6. The summed E-state index contributed by atoms with van der Waals surface area (Å²) in [6.45, 7) is 10.6. The molecule has 2 aromatic rings. The summed E-state index contributed by atoms with van der Waals surface area (Å²) < 4.78 is 8.76. The molecule has 0 atom stereocenters. The Bertz CT molecular complexity index is 589. The predicted molar refractivity (Wildman–Crippen MR) is 90.9 cm³/mol. The number of hydrogen-bond donors (Lipinski definition) is 0. The molecule has 0 radical (unpaired) electrons. The van der Waals surface area contributed by atoms with E-state index in [2.05, 4.69) is 65.9 Å². The van der Waals surface area contributed by atoms with E-state index in [0.717, 1.165) is 28.4 Å². The first-order valence-corrected chi connectivity index (χ1v) is 11.6. The fourth-order valence-electron chi connectivity index (χ4n) is 2.06. The van der Waals surface area contributed by atoms with E-state index in [4.69, 9.17) is 4.74 Å². The third kappa shape index (κ3) is 3.93. The maximum absolute atomic E-state index is 5.76. The van der Waals surface area contributed by atoms with Crippen LogP contribution in [0.25, 0.3) is 10.9 Å². The van der Waals surface area contributed by atoms with Gasteiger partial charge >= 0.3 is 0 Å². The van der Waals surface area contributed by atoms with Crippen molar-refractivity contribution in [1.29, 1.82) is 0 Å². The van der Waals surface area contributed by atoms with Crippen LogP contribution in [0.2, 0.25) is 25.7 Å². The minimum absolute atomic E-state index is 0.536. The van der Waals surface area contributed by atoms with E-state index in [-0.39, 0.29) is 0 Å². The van der Waals surface area contributed by atoms with E-state index in [1.54, 1.807) is 0 Å². The normalized spacial score (nSPS) is 12.2. The van der Waals surface area contributed by atoms with Crippen molar-refractivity contribution in [3.63, 3.8) is 0 Å². The van der Waals surface area contributed by atoms with Crippen molar-refractivity contribution < 1.29 is 4.74 Å². The molecule has 0 fully saturated rings. The van der Waals surface area contributed by atoms with E-state index in [1.807, 2.05) is 4.68 Å². The van der Waals surface area contributed by atoms with Crippen molar-refractivity contribution in [3.05, 3.63) is 28.4 Å². The summed E-state index contributed by atoms with van der Waals surface area (Å²) in [7, 11) is -1.01. The van der Waals surface area contributed by atoms with Crippen LogP contribution in [0.1, 0.15) is 12.5 Å². The number of aryl methyl sites for hydroxylation is 1. The number of aromatic nitrogens is 2. The molecule has 0 aliphatic heterocycles. The predicted octanol–water partition coefficient (Wildman–Crippen LogP) is 4.67. The van der Waals surface area contributed by atoms with Gasteiger partial charge in [-0.15, -0.1) is 0 Å². The van der Waals surface area contributed by atoms with Crippen molar-refractivity contribution in [3.8, 4) is 0 Å². The largest absolute Gasteiger partial charge is 0.360 e. The highest BCUT2D eigenvalue weighted by atomic mass is 79.9. The molecule has 110 valence electrons. The maximum Gasteiger partial charge on any atom is 0.139 e. The first-order chi connectivity index (χ1) is 9.40. The first kappa shape index (κ1) is 15.7. The van der Waals surface area contributed by atoms with Gasteiger partial charge in [0.25, 0.3) is 0 Å². The molecule has 1 aromatic carbocycles. The molecule has 0 bridgehead atoms. The van der Waals surface area contributed by atoms with Gasteiger partial charge in [0.2, 0.25) is 0 Å². The summed E-state index contributed by atoms with van der Waals surface area (Å²) in [5, 5.41) is 5.82. The Kier molecular flexibility index (Phi) is 5.04. The van der Waals surface area contributed by atoms with E-state index >= 15 is 0 Å². The van der Waals surface area contributed by atoms with Crippen molar-refractivity contribution in [1.82, 2.24) is 9.78 Å². The average molecular weight is 355 g/mol. The zero-order valence-corrected chi connectivity index (χ0v) is 15.3. The van der Waals surface area contributed by atoms with Crippen LogP contribution in [0, 0.1) is 0 Å². The van der Waals surface area contributed by atoms with Gasteiger partial charge in [-0.25, -0.2) is 4.68 Å². The quantitative estimate of drug-likeness (QED) is 0.556. The second-order valence-electron chi connectivity index (χ2n) is 6.34. The van der Waals surface area contributed by atoms with Crippen LogP contribution in [0.4, 0.5) is 0 Å². The lowest BCUT2D eigenvalue weighted by Gasteiger charge is -2.15. The molecular formula is C15H23BrN2OSi. The van der Waals surface area contributed by atoms with E-state index < -0.39 is 8.07 Å². The summed E-state index contributed by atoms with van der Waals surface area (Å²) in [5.41, 5.74) is 2.36. The van der Waals surface area contributed by atoms with Crippen LogP contribution in [0.5, 0.6) is 0 Å². The van der Waals surface area contributed by atoms with Crippen LogP contribution < -0.4 is 0 Å². The van der Waals surface area contributed by atoms with Gasteiger partial charge in [-0.1, -0.05) is 48.6 Å². The lowest BCUT2D eigenvalue weighted by molar-refractivity contribution is 0.0791. The fourth-order valence-corrected chi connectivity index (χ4v) is 3.24. The number of nitrogens with zero attached hydrogens (tertiary/aromatic N) is 2. The summed E-state index contributed by atoms with van der Waals surface area (Å²) in [6, 6.07) is 5.42. The average Bonchev–Trinajstić information content (AvgIpc) is 2.79. The minimum atomic E-state index is -1.01. The van der Waals surface area contributed by atoms with Crippen LogP contribution >= 0.6 is 15.9 Å². The zero-order chi connectivity index (χ0) is 14.8. The van der Waals surface area contributed by atoms with Gasteiger partial charge in [0.15, 0.2) is 0 Å². The van der Waals surface area contributed by atoms with Gasteiger partial charge in [0, 0.05) is 30.7 Å². The van der Waals surface area contributed by atoms with E-state index in [9.17, 15) is 0 Å². The molecule has 5 heteroatoms. The van der Waals surface area contributed by atoms with Crippen molar-refractivity contribution in [2.24, 2.45) is 0 Å². The highest BCUT2D eigenvalue weighted by Gasteiger charge is 2.12. The number of halogens is 1. The summed E-state index contributed by atoms with van der Waals surface area (Å²) in [5.74, 6) is 0. The fraction of sp³-hybridized carbons (Fsp3) is 0.533. The Balaban J connectivity index is 2.06. The molecule has 0 aliphatic rings. The number of fused-ring (bicyclic) bond motifs is 1. The molecule has 0 spiro atoms. The number of ether oxygens (including phenoxy) is 1. The highest BCUT2D eigenvalue weighted by Crippen LogP contribution is 2.26. The van der Waals surface area contributed by atoms with E-state index in [0.29, 0.717) is 6.73 Å². The van der Waals surface area contributed by atoms with Crippen molar-refractivity contribution in [2.75, 3.05) is 6.61 Å². The SMILES string of the molecule is CCc1ccc(Br)c2cn(COCC[Si](C)(C)C)nc12. The Morgan fingerprint density at radius 1 is 1.30 bits per heavy atom. The topological polar surface area (TPSA) is 27.1 Å². The molecule has 20 heavy (non-hydrogen) atoms. The number of benzene rings is 1. The van der Waals surface area contributed by atoms with Gasteiger partial charge in [-0.2, -0.15) is 5.10 Å². The second-order valence-corrected chi connectivity index (χ2v) is 12.8. The summed E-state index contributed by atoms with van der Waals surface area (Å²) >= 11 is 3.59. The molecule has 0 aliphatic carbocycles. The molecule has 2 rings (SSSR count). The van der Waals surface area contributed by atoms with Crippen LogP contribution in [0.3, 0.4) is 0 Å². The second kappa shape index (κ2) is 6.41. The Labute approximate surface area is 130 Å². The number of hydrogen-bond acceptors (Lipinski definition) is 2. The molecule has 1 aromatic heterocycles. The molecule has 0 saturated carbocycles. The lowest BCUT2D eigenvalue weighted by Crippen LogP contribution is -2.22. The lowest BCUT2D eigenvalue weighted by atomic mass is 10.1. The standard InChI is InChI=1S/C15H23BrN2OSi/c1-5-12-6-7-14(16)13-10-18(17-15(12)13)11-19-8-9-20(2,3)4/h6-7,10H,5,8-9,11H2,1-4H3. The zero-order valence-electron chi connectivity index (χ0n) is 12.7. The van der Waals surface area contributed by atoms with Crippen molar-refractivity contribution >= 4 is 34.9 Å².